The van der Waals surface area contributed by atoms with Crippen LogP contribution in [0.1, 0.15) is 48.9 Å². The third-order valence-corrected chi connectivity index (χ3v) is 4.67. The van der Waals surface area contributed by atoms with E-state index in [0.29, 0.717) is 12.2 Å². The van der Waals surface area contributed by atoms with E-state index >= 15 is 0 Å². The summed E-state index contributed by atoms with van der Waals surface area (Å²) >= 11 is 3.00. The fourth-order valence-electron chi connectivity index (χ4n) is 2.76. The van der Waals surface area contributed by atoms with Crippen LogP contribution in [-0.2, 0) is 0 Å². The van der Waals surface area contributed by atoms with Gasteiger partial charge in [0.2, 0.25) is 0 Å². The molecule has 1 aromatic rings. The number of anilines is 1. The summed E-state index contributed by atoms with van der Waals surface area (Å²) in [6, 6.07) is 2.90. The molecule has 0 aliphatic heterocycles. The third kappa shape index (κ3) is 3.72. The zero-order valence-corrected chi connectivity index (χ0v) is 12.9. The van der Waals surface area contributed by atoms with Crippen molar-refractivity contribution in [3.05, 3.63) is 28.0 Å². The molecule has 20 heavy (non-hydrogen) atoms. The van der Waals surface area contributed by atoms with Crippen LogP contribution in [0.25, 0.3) is 0 Å². The SMILES string of the molecule is O=C(O)c1ccc(NCCCC2CCCC2)c(F)c1Br. The Balaban J connectivity index is 1.86. The Bertz CT molecular complexity index is 487. The Morgan fingerprint density at radius 3 is 2.75 bits per heavy atom. The molecule has 1 fully saturated rings. The second-order valence-corrected chi connectivity index (χ2v) is 6.11. The Labute approximate surface area is 126 Å². The minimum Gasteiger partial charge on any atom is -0.478 e. The molecule has 3 nitrogen and oxygen atoms in total. The molecular weight excluding hydrogens is 325 g/mol. The number of halogens is 2. The molecule has 0 bridgehead atoms. The van der Waals surface area contributed by atoms with E-state index in [1.54, 1.807) is 0 Å². The van der Waals surface area contributed by atoms with Crippen LogP contribution in [0.4, 0.5) is 10.1 Å². The number of carboxylic acids is 1. The van der Waals surface area contributed by atoms with Gasteiger partial charge in [-0.15, -0.1) is 0 Å². The van der Waals surface area contributed by atoms with Crippen LogP contribution in [0, 0.1) is 11.7 Å². The molecule has 1 aliphatic carbocycles. The van der Waals surface area contributed by atoms with E-state index in [-0.39, 0.29) is 10.0 Å². The monoisotopic (exact) mass is 343 g/mol. The van der Waals surface area contributed by atoms with Crippen molar-refractivity contribution >= 4 is 27.6 Å². The summed E-state index contributed by atoms with van der Waals surface area (Å²) < 4.78 is 14.0. The van der Waals surface area contributed by atoms with Gasteiger partial charge in [0.15, 0.2) is 5.82 Å². The average Bonchev–Trinajstić information content (AvgIpc) is 2.92. The van der Waals surface area contributed by atoms with Crippen LogP contribution in [0.2, 0.25) is 0 Å². The highest BCUT2D eigenvalue weighted by atomic mass is 79.9. The maximum absolute atomic E-state index is 14.0. The zero-order valence-electron chi connectivity index (χ0n) is 11.3. The van der Waals surface area contributed by atoms with Crippen molar-refractivity contribution in [1.82, 2.24) is 0 Å². The van der Waals surface area contributed by atoms with Crippen molar-refractivity contribution in [3.8, 4) is 0 Å². The minimum absolute atomic E-state index is 0.00536. The molecule has 0 radical (unpaired) electrons. The lowest BCUT2D eigenvalue weighted by Crippen LogP contribution is -2.07. The molecule has 1 aromatic carbocycles. The fraction of sp³-hybridized carbons (Fsp3) is 0.533. The van der Waals surface area contributed by atoms with Crippen molar-refractivity contribution in [3.63, 3.8) is 0 Å². The van der Waals surface area contributed by atoms with Crippen molar-refractivity contribution in [2.75, 3.05) is 11.9 Å². The van der Waals surface area contributed by atoms with Gasteiger partial charge < -0.3 is 10.4 Å². The van der Waals surface area contributed by atoms with Gasteiger partial charge in [-0.2, -0.15) is 0 Å². The molecule has 1 aliphatic rings. The molecule has 1 saturated carbocycles. The smallest absolute Gasteiger partial charge is 0.336 e. The molecule has 5 heteroatoms. The van der Waals surface area contributed by atoms with E-state index in [9.17, 15) is 9.18 Å². The van der Waals surface area contributed by atoms with Crippen LogP contribution in [0.15, 0.2) is 16.6 Å². The molecule has 0 amide bonds. The van der Waals surface area contributed by atoms with Crippen molar-refractivity contribution in [1.29, 1.82) is 0 Å². The van der Waals surface area contributed by atoms with Gasteiger partial charge in [-0.3, -0.25) is 0 Å². The Morgan fingerprint density at radius 2 is 2.10 bits per heavy atom. The highest BCUT2D eigenvalue weighted by Gasteiger charge is 2.16. The summed E-state index contributed by atoms with van der Waals surface area (Å²) in [6.45, 7) is 0.715. The number of rotatable bonds is 6. The summed E-state index contributed by atoms with van der Waals surface area (Å²) in [7, 11) is 0. The van der Waals surface area contributed by atoms with E-state index < -0.39 is 11.8 Å². The molecule has 2 N–H and O–H groups in total. The first-order chi connectivity index (χ1) is 9.59. The van der Waals surface area contributed by atoms with E-state index in [2.05, 4.69) is 21.2 Å². The van der Waals surface area contributed by atoms with Gasteiger partial charge in [0.05, 0.1) is 15.7 Å². The van der Waals surface area contributed by atoms with Crippen molar-refractivity contribution < 1.29 is 14.3 Å². The molecule has 0 saturated heterocycles. The number of benzene rings is 1. The number of hydrogen-bond donors (Lipinski definition) is 2. The summed E-state index contributed by atoms with van der Waals surface area (Å²) in [5.41, 5.74) is 0.298. The predicted molar refractivity (Wildman–Crippen MR) is 80.7 cm³/mol. The van der Waals surface area contributed by atoms with Gasteiger partial charge >= 0.3 is 5.97 Å². The summed E-state index contributed by atoms with van der Waals surface area (Å²) in [4.78, 5) is 10.9. The first kappa shape index (κ1) is 15.3. The van der Waals surface area contributed by atoms with Gasteiger partial charge in [0.25, 0.3) is 0 Å². The lowest BCUT2D eigenvalue weighted by molar-refractivity contribution is 0.0695. The van der Waals surface area contributed by atoms with Gasteiger partial charge in [-0.25, -0.2) is 9.18 Å². The second-order valence-electron chi connectivity index (χ2n) is 5.31. The quantitative estimate of drug-likeness (QED) is 0.738. The summed E-state index contributed by atoms with van der Waals surface area (Å²) in [5.74, 6) is -0.836. The molecule has 110 valence electrons. The summed E-state index contributed by atoms with van der Waals surface area (Å²) in [5, 5.41) is 11.9. The highest BCUT2D eigenvalue weighted by molar-refractivity contribution is 9.10. The molecule has 0 heterocycles. The van der Waals surface area contributed by atoms with E-state index in [1.807, 2.05) is 0 Å². The van der Waals surface area contributed by atoms with Crippen LogP contribution >= 0.6 is 15.9 Å². The molecular formula is C15H19BrFNO2. The van der Waals surface area contributed by atoms with Gasteiger partial charge in [-0.05, 0) is 46.8 Å². The first-order valence-corrected chi connectivity index (χ1v) is 7.84. The molecule has 0 unspecified atom stereocenters. The number of carbonyl (C=O) groups is 1. The highest BCUT2D eigenvalue weighted by Crippen LogP contribution is 2.29. The van der Waals surface area contributed by atoms with Gasteiger partial charge in [0.1, 0.15) is 0 Å². The lowest BCUT2D eigenvalue weighted by Gasteiger charge is -2.12. The number of hydrogen-bond acceptors (Lipinski definition) is 2. The Hall–Kier alpha value is -1.10. The normalized spacial score (nSPS) is 15.5. The van der Waals surface area contributed by atoms with Gasteiger partial charge in [0, 0.05) is 6.54 Å². The third-order valence-electron chi connectivity index (χ3n) is 3.89. The van der Waals surface area contributed by atoms with Crippen molar-refractivity contribution in [2.24, 2.45) is 5.92 Å². The van der Waals surface area contributed by atoms with Crippen molar-refractivity contribution in [2.45, 2.75) is 38.5 Å². The summed E-state index contributed by atoms with van der Waals surface area (Å²) in [6.07, 6.45) is 7.54. The minimum atomic E-state index is -1.14. The topological polar surface area (TPSA) is 49.3 Å². The van der Waals surface area contributed by atoms with Gasteiger partial charge in [-0.1, -0.05) is 25.7 Å². The molecule has 0 spiro atoms. The number of aromatic carboxylic acids is 1. The maximum Gasteiger partial charge on any atom is 0.336 e. The number of nitrogens with one attached hydrogen (secondary N) is 1. The van der Waals surface area contributed by atoms with Crippen LogP contribution in [0.5, 0.6) is 0 Å². The van der Waals surface area contributed by atoms with Crippen LogP contribution < -0.4 is 5.32 Å². The molecule has 0 aromatic heterocycles. The second kappa shape index (κ2) is 7.07. The first-order valence-electron chi connectivity index (χ1n) is 7.04. The molecule has 0 atom stereocenters. The standard InChI is InChI=1S/C15H19BrFNO2/c16-13-11(15(19)20)7-8-12(14(13)17)18-9-3-6-10-4-1-2-5-10/h7-8,10,18H,1-6,9H2,(H,19,20). The largest absolute Gasteiger partial charge is 0.478 e. The predicted octanol–water partition coefficient (Wildman–Crippen LogP) is 4.67. The Morgan fingerprint density at radius 1 is 1.40 bits per heavy atom. The van der Waals surface area contributed by atoms with Crippen LogP contribution in [-0.4, -0.2) is 17.6 Å². The molecule has 2 rings (SSSR count). The van der Waals surface area contributed by atoms with E-state index in [4.69, 9.17) is 5.11 Å². The van der Waals surface area contributed by atoms with E-state index in [1.165, 1.54) is 44.2 Å². The van der Waals surface area contributed by atoms with E-state index in [0.717, 1.165) is 12.3 Å². The Kier molecular flexibility index (Phi) is 5.40. The fourth-order valence-corrected chi connectivity index (χ4v) is 3.28. The van der Waals surface area contributed by atoms with Crippen LogP contribution in [0.3, 0.4) is 0 Å². The zero-order chi connectivity index (χ0) is 14.5. The number of carboxylic acid groups (broad SMARTS) is 1. The maximum atomic E-state index is 14.0. The average molecular weight is 344 g/mol. The lowest BCUT2D eigenvalue weighted by atomic mass is 10.0.